The highest BCUT2D eigenvalue weighted by atomic mass is 19.4. The molecule has 1 aliphatic heterocycles. The largest absolute Gasteiger partial charge is 0.401 e. The summed E-state index contributed by atoms with van der Waals surface area (Å²) >= 11 is 0. The number of alkyl halides is 3. The molecular weight excluding hydrogens is 281 g/mol. The van der Waals surface area contributed by atoms with Crippen LogP contribution in [0.25, 0.3) is 6.08 Å². The summed E-state index contributed by atoms with van der Waals surface area (Å²) in [6, 6.07) is 9.40. The highest BCUT2D eigenvalue weighted by Crippen LogP contribution is 2.17. The molecule has 1 aromatic carbocycles. The maximum Gasteiger partial charge on any atom is 0.401 e. The van der Waals surface area contributed by atoms with Gasteiger partial charge in [-0.2, -0.15) is 13.2 Å². The molecule has 1 saturated heterocycles. The molecule has 0 spiro atoms. The zero-order valence-corrected chi connectivity index (χ0v) is 11.5. The summed E-state index contributed by atoms with van der Waals surface area (Å²) in [7, 11) is 0. The molecule has 1 aliphatic rings. The fourth-order valence-corrected chi connectivity index (χ4v) is 2.22. The van der Waals surface area contributed by atoms with Gasteiger partial charge in [-0.25, -0.2) is 0 Å². The lowest BCUT2D eigenvalue weighted by atomic mass is 10.2. The molecule has 0 N–H and O–H groups in total. The van der Waals surface area contributed by atoms with Gasteiger partial charge in [0.2, 0.25) is 5.91 Å². The summed E-state index contributed by atoms with van der Waals surface area (Å²) in [5.41, 5.74) is 0.918. The van der Waals surface area contributed by atoms with Gasteiger partial charge in [-0.05, 0) is 11.6 Å². The van der Waals surface area contributed by atoms with E-state index in [4.69, 9.17) is 0 Å². The second-order valence-corrected chi connectivity index (χ2v) is 4.96. The lowest BCUT2D eigenvalue weighted by Gasteiger charge is -2.34. The molecule has 1 aromatic rings. The van der Waals surface area contributed by atoms with Crippen LogP contribution in [-0.4, -0.2) is 54.6 Å². The van der Waals surface area contributed by atoms with Crippen LogP contribution in [0.3, 0.4) is 0 Å². The Morgan fingerprint density at radius 2 is 1.71 bits per heavy atom. The van der Waals surface area contributed by atoms with Gasteiger partial charge in [0.15, 0.2) is 0 Å². The molecular formula is C15H17F3N2O. The number of hydrogen-bond donors (Lipinski definition) is 0. The molecule has 1 heterocycles. The van der Waals surface area contributed by atoms with Crippen molar-refractivity contribution in [3.63, 3.8) is 0 Å². The average Bonchev–Trinajstić information content (AvgIpc) is 2.45. The van der Waals surface area contributed by atoms with Crippen LogP contribution in [0.1, 0.15) is 5.56 Å². The molecule has 0 radical (unpaired) electrons. The van der Waals surface area contributed by atoms with Crippen LogP contribution in [0, 0.1) is 0 Å². The molecule has 114 valence electrons. The number of hydrogen-bond acceptors (Lipinski definition) is 2. The van der Waals surface area contributed by atoms with Crippen LogP contribution in [0.4, 0.5) is 13.2 Å². The van der Waals surface area contributed by atoms with Gasteiger partial charge in [0, 0.05) is 32.3 Å². The third-order valence-corrected chi connectivity index (χ3v) is 3.30. The Balaban J connectivity index is 1.82. The normalized spacial score (nSPS) is 17.4. The standard InChI is InChI=1S/C15H17F3N2O/c16-15(17,18)12-19-8-10-20(11-9-19)14(21)7-6-13-4-2-1-3-5-13/h1-7H,8-12H2. The number of carbonyl (C=O) groups is 1. The van der Waals surface area contributed by atoms with E-state index in [9.17, 15) is 18.0 Å². The molecule has 3 nitrogen and oxygen atoms in total. The second kappa shape index (κ2) is 6.76. The maximum absolute atomic E-state index is 12.3. The molecule has 0 saturated carbocycles. The topological polar surface area (TPSA) is 23.6 Å². The van der Waals surface area contributed by atoms with E-state index in [1.807, 2.05) is 30.3 Å². The first-order chi connectivity index (χ1) is 9.94. The minimum absolute atomic E-state index is 0.162. The van der Waals surface area contributed by atoms with E-state index >= 15 is 0 Å². The molecule has 21 heavy (non-hydrogen) atoms. The van der Waals surface area contributed by atoms with E-state index in [-0.39, 0.29) is 19.0 Å². The molecule has 0 atom stereocenters. The third kappa shape index (κ3) is 5.23. The maximum atomic E-state index is 12.3. The van der Waals surface area contributed by atoms with E-state index < -0.39 is 12.7 Å². The summed E-state index contributed by atoms with van der Waals surface area (Å²) < 4.78 is 36.8. The summed E-state index contributed by atoms with van der Waals surface area (Å²) in [6.45, 7) is 0.256. The van der Waals surface area contributed by atoms with Crippen molar-refractivity contribution < 1.29 is 18.0 Å². The van der Waals surface area contributed by atoms with Crippen LogP contribution in [-0.2, 0) is 4.79 Å². The van der Waals surface area contributed by atoms with Crippen molar-refractivity contribution in [3.05, 3.63) is 42.0 Å². The van der Waals surface area contributed by atoms with Gasteiger partial charge in [0.1, 0.15) is 0 Å². The fraction of sp³-hybridized carbons (Fsp3) is 0.400. The van der Waals surface area contributed by atoms with Gasteiger partial charge in [0.05, 0.1) is 6.54 Å². The van der Waals surface area contributed by atoms with E-state index in [2.05, 4.69) is 0 Å². The van der Waals surface area contributed by atoms with E-state index in [0.717, 1.165) is 5.56 Å². The Kier molecular flexibility index (Phi) is 5.01. The quantitative estimate of drug-likeness (QED) is 0.800. The molecule has 0 unspecified atom stereocenters. The minimum Gasteiger partial charge on any atom is -0.337 e. The minimum atomic E-state index is -4.18. The molecule has 2 rings (SSSR count). The van der Waals surface area contributed by atoms with Crippen molar-refractivity contribution >= 4 is 12.0 Å². The molecule has 1 amide bonds. The summed E-state index contributed by atoms with van der Waals surface area (Å²) in [5, 5.41) is 0. The molecule has 0 aliphatic carbocycles. The monoisotopic (exact) mass is 298 g/mol. The smallest absolute Gasteiger partial charge is 0.337 e. The van der Waals surface area contributed by atoms with Gasteiger partial charge >= 0.3 is 6.18 Å². The van der Waals surface area contributed by atoms with Crippen molar-refractivity contribution in [3.8, 4) is 0 Å². The van der Waals surface area contributed by atoms with Crippen molar-refractivity contribution in [2.45, 2.75) is 6.18 Å². The lowest BCUT2D eigenvalue weighted by Crippen LogP contribution is -2.50. The number of benzene rings is 1. The van der Waals surface area contributed by atoms with Crippen LogP contribution in [0.2, 0.25) is 0 Å². The van der Waals surface area contributed by atoms with E-state index in [0.29, 0.717) is 13.1 Å². The highest BCUT2D eigenvalue weighted by molar-refractivity contribution is 5.91. The van der Waals surface area contributed by atoms with Gasteiger partial charge in [0.25, 0.3) is 0 Å². The van der Waals surface area contributed by atoms with Gasteiger partial charge in [-0.15, -0.1) is 0 Å². The summed E-state index contributed by atoms with van der Waals surface area (Å²) in [4.78, 5) is 14.9. The zero-order valence-electron chi connectivity index (χ0n) is 11.5. The number of nitrogens with zero attached hydrogens (tertiary/aromatic N) is 2. The van der Waals surface area contributed by atoms with E-state index in [1.165, 1.54) is 11.0 Å². The predicted octanol–water partition coefficient (Wildman–Crippen LogP) is 2.41. The second-order valence-electron chi connectivity index (χ2n) is 4.96. The first-order valence-corrected chi connectivity index (χ1v) is 6.75. The average molecular weight is 298 g/mol. The van der Waals surface area contributed by atoms with Crippen LogP contribution >= 0.6 is 0 Å². The predicted molar refractivity (Wildman–Crippen MR) is 74.6 cm³/mol. The zero-order chi connectivity index (χ0) is 15.3. The Morgan fingerprint density at radius 1 is 1.10 bits per heavy atom. The molecule has 1 fully saturated rings. The van der Waals surface area contributed by atoms with Gasteiger partial charge < -0.3 is 4.90 Å². The molecule has 0 bridgehead atoms. The summed E-state index contributed by atoms with van der Waals surface area (Å²) in [5.74, 6) is -0.162. The first-order valence-electron chi connectivity index (χ1n) is 6.75. The number of carbonyl (C=O) groups excluding carboxylic acids is 1. The summed E-state index contributed by atoms with van der Waals surface area (Å²) in [6.07, 6.45) is -1.00. The van der Waals surface area contributed by atoms with Crippen LogP contribution < -0.4 is 0 Å². The molecule has 6 heteroatoms. The Bertz CT molecular complexity index is 491. The fourth-order valence-electron chi connectivity index (χ4n) is 2.22. The molecule has 0 aromatic heterocycles. The lowest BCUT2D eigenvalue weighted by molar-refractivity contribution is -0.150. The number of rotatable bonds is 3. The number of piperazine rings is 1. The third-order valence-electron chi connectivity index (χ3n) is 3.30. The highest BCUT2D eigenvalue weighted by Gasteiger charge is 2.32. The van der Waals surface area contributed by atoms with Crippen molar-refractivity contribution in [2.24, 2.45) is 0 Å². The van der Waals surface area contributed by atoms with E-state index in [1.54, 1.807) is 11.0 Å². The van der Waals surface area contributed by atoms with Crippen molar-refractivity contribution in [1.29, 1.82) is 0 Å². The Labute approximate surface area is 121 Å². The van der Waals surface area contributed by atoms with Crippen molar-refractivity contribution in [2.75, 3.05) is 32.7 Å². The number of amides is 1. The first kappa shape index (κ1) is 15.6. The SMILES string of the molecule is O=C(C=Cc1ccccc1)N1CCN(CC(F)(F)F)CC1. The Morgan fingerprint density at radius 3 is 2.29 bits per heavy atom. The van der Waals surface area contributed by atoms with Crippen LogP contribution in [0.5, 0.6) is 0 Å². The number of halogens is 3. The van der Waals surface area contributed by atoms with Crippen molar-refractivity contribution in [1.82, 2.24) is 9.80 Å². The Hall–Kier alpha value is -1.82. The van der Waals surface area contributed by atoms with Crippen LogP contribution in [0.15, 0.2) is 36.4 Å². The van der Waals surface area contributed by atoms with Gasteiger partial charge in [-0.1, -0.05) is 30.3 Å². The van der Waals surface area contributed by atoms with Gasteiger partial charge in [-0.3, -0.25) is 9.69 Å².